The molecule has 0 spiro atoms. The summed E-state index contributed by atoms with van der Waals surface area (Å²) < 4.78 is 5.44. The van der Waals surface area contributed by atoms with E-state index in [0.29, 0.717) is 10.8 Å². The molecule has 0 atom stereocenters. The summed E-state index contributed by atoms with van der Waals surface area (Å²) in [5, 5.41) is 0.488. The van der Waals surface area contributed by atoms with Gasteiger partial charge in [-0.3, -0.25) is 4.79 Å². The zero-order valence-corrected chi connectivity index (χ0v) is 12.0. The van der Waals surface area contributed by atoms with Crippen LogP contribution in [0.4, 0.5) is 0 Å². The maximum atomic E-state index is 11.1. The highest BCUT2D eigenvalue weighted by Gasteiger charge is 2.07. The first-order chi connectivity index (χ1) is 10.2. The number of nitrogens with one attached hydrogen (secondary N) is 1. The van der Waals surface area contributed by atoms with Gasteiger partial charge in [-0.1, -0.05) is 53.6 Å². The maximum absolute atomic E-state index is 11.1. The van der Waals surface area contributed by atoms with E-state index in [4.69, 9.17) is 22.2 Å². The summed E-state index contributed by atoms with van der Waals surface area (Å²) in [5.41, 5.74) is 3.89. The first-order valence-corrected chi connectivity index (χ1v) is 6.71. The van der Waals surface area contributed by atoms with Crippen LogP contribution >= 0.6 is 11.6 Å². The normalized spacial score (nSPS) is 10.2. The number of rotatable bonds is 6. The molecule has 0 radical (unpaired) electrons. The summed E-state index contributed by atoms with van der Waals surface area (Å²) in [6.07, 6.45) is 0.0704. The minimum absolute atomic E-state index is 0.0704. The van der Waals surface area contributed by atoms with E-state index < -0.39 is 5.97 Å². The lowest BCUT2D eigenvalue weighted by molar-refractivity contribution is -0.151. The number of hydrazine groups is 1. The summed E-state index contributed by atoms with van der Waals surface area (Å²) >= 11 is 6.18. The van der Waals surface area contributed by atoms with Gasteiger partial charge in [-0.2, -0.15) is 0 Å². The van der Waals surface area contributed by atoms with Crippen LogP contribution < -0.4 is 16.2 Å². The van der Waals surface area contributed by atoms with Crippen LogP contribution in [0.1, 0.15) is 6.42 Å². The van der Waals surface area contributed by atoms with Crippen LogP contribution in [0.5, 0.6) is 5.75 Å². The Hall–Kier alpha value is -2.08. The molecule has 0 aliphatic rings. The monoisotopic (exact) mass is 306 g/mol. The van der Waals surface area contributed by atoms with Gasteiger partial charge < -0.3 is 9.57 Å². The average Bonchev–Trinajstić information content (AvgIpc) is 2.50. The van der Waals surface area contributed by atoms with E-state index in [1.54, 1.807) is 6.07 Å². The number of ether oxygens (including phenoxy) is 1. The summed E-state index contributed by atoms with van der Waals surface area (Å²) in [7, 11) is 0. The molecule has 0 fully saturated rings. The highest BCUT2D eigenvalue weighted by atomic mass is 35.5. The molecule has 5 nitrogen and oxygen atoms in total. The van der Waals surface area contributed by atoms with E-state index in [0.717, 1.165) is 11.1 Å². The second kappa shape index (κ2) is 7.64. The molecule has 0 amide bonds. The Labute approximate surface area is 127 Å². The predicted octanol–water partition coefficient (Wildman–Crippen LogP) is 2.70. The topological polar surface area (TPSA) is 73.6 Å². The van der Waals surface area contributed by atoms with Crippen LogP contribution in [-0.4, -0.2) is 12.6 Å². The summed E-state index contributed by atoms with van der Waals surface area (Å²) in [6.45, 7) is 0.158. The SMILES string of the molecule is NNOC(=O)CCOc1ccc(-c2ccccc2)cc1Cl. The molecule has 3 N–H and O–H groups in total. The Morgan fingerprint density at radius 2 is 1.90 bits per heavy atom. The molecule has 0 aliphatic carbocycles. The Morgan fingerprint density at radius 3 is 2.57 bits per heavy atom. The van der Waals surface area contributed by atoms with Crippen LogP contribution in [0.3, 0.4) is 0 Å². The average molecular weight is 307 g/mol. The molecule has 0 saturated carbocycles. The number of hydrogen-bond donors (Lipinski definition) is 2. The highest BCUT2D eigenvalue weighted by Crippen LogP contribution is 2.30. The molecule has 2 aromatic carbocycles. The van der Waals surface area contributed by atoms with Crippen molar-refractivity contribution in [3.8, 4) is 16.9 Å². The Kier molecular flexibility index (Phi) is 5.57. The smallest absolute Gasteiger partial charge is 0.329 e. The van der Waals surface area contributed by atoms with E-state index in [1.165, 1.54) is 0 Å². The van der Waals surface area contributed by atoms with Gasteiger partial charge in [0, 0.05) is 0 Å². The summed E-state index contributed by atoms with van der Waals surface area (Å²) in [5.74, 6) is 4.87. The van der Waals surface area contributed by atoms with Crippen molar-refractivity contribution >= 4 is 17.6 Å². The van der Waals surface area contributed by atoms with Crippen LogP contribution in [0.15, 0.2) is 48.5 Å². The fraction of sp³-hybridized carbons (Fsp3) is 0.133. The molecule has 2 aromatic rings. The van der Waals surface area contributed by atoms with Gasteiger partial charge in [0.25, 0.3) is 0 Å². The summed E-state index contributed by atoms with van der Waals surface area (Å²) in [6, 6.07) is 15.4. The molecule has 110 valence electrons. The number of nitrogens with two attached hydrogens (primary N) is 1. The zero-order chi connectivity index (χ0) is 15.1. The second-order valence-corrected chi connectivity index (χ2v) is 4.61. The lowest BCUT2D eigenvalue weighted by Crippen LogP contribution is -2.26. The highest BCUT2D eigenvalue weighted by molar-refractivity contribution is 6.32. The van der Waals surface area contributed by atoms with E-state index in [9.17, 15) is 4.79 Å². The van der Waals surface area contributed by atoms with Crippen molar-refractivity contribution in [3.63, 3.8) is 0 Å². The summed E-state index contributed by atoms with van der Waals surface area (Å²) in [4.78, 5) is 15.4. The van der Waals surface area contributed by atoms with Crippen molar-refractivity contribution in [3.05, 3.63) is 53.6 Å². The molecule has 6 heteroatoms. The van der Waals surface area contributed by atoms with Gasteiger partial charge in [-0.25, -0.2) is 5.84 Å². The molecule has 0 bridgehead atoms. The minimum atomic E-state index is -0.505. The van der Waals surface area contributed by atoms with Crippen molar-refractivity contribution in [1.82, 2.24) is 5.59 Å². The molecule has 0 unspecified atom stereocenters. The standard InChI is InChI=1S/C15H15ClN2O3/c16-13-10-12(11-4-2-1-3-5-11)6-7-14(13)20-9-8-15(19)21-18-17/h1-7,10,18H,8-9,17H2. The van der Waals surface area contributed by atoms with Crippen LogP contribution in [-0.2, 0) is 9.63 Å². The van der Waals surface area contributed by atoms with Crippen molar-refractivity contribution in [2.24, 2.45) is 5.84 Å². The lowest BCUT2D eigenvalue weighted by atomic mass is 10.1. The van der Waals surface area contributed by atoms with E-state index in [2.05, 4.69) is 4.84 Å². The quantitative estimate of drug-likeness (QED) is 0.634. The van der Waals surface area contributed by atoms with Gasteiger partial charge in [0.1, 0.15) is 5.75 Å². The van der Waals surface area contributed by atoms with Gasteiger partial charge in [0.05, 0.1) is 18.1 Å². The van der Waals surface area contributed by atoms with Gasteiger partial charge >= 0.3 is 5.97 Å². The van der Waals surface area contributed by atoms with Crippen LogP contribution in [0, 0.1) is 0 Å². The van der Waals surface area contributed by atoms with Crippen molar-refractivity contribution in [1.29, 1.82) is 0 Å². The number of carbonyl (C=O) groups excluding carboxylic acids is 1. The molecule has 21 heavy (non-hydrogen) atoms. The largest absolute Gasteiger partial charge is 0.491 e. The Bertz CT molecular complexity index is 605. The van der Waals surface area contributed by atoms with Gasteiger partial charge in [-0.15, -0.1) is 0 Å². The van der Waals surface area contributed by atoms with Crippen LogP contribution in [0.25, 0.3) is 11.1 Å². The van der Waals surface area contributed by atoms with Gasteiger partial charge in [-0.05, 0) is 23.3 Å². The van der Waals surface area contributed by atoms with Crippen molar-refractivity contribution in [2.75, 3.05) is 6.61 Å². The number of benzene rings is 2. The molecule has 2 rings (SSSR count). The number of hydrogen-bond acceptors (Lipinski definition) is 5. The van der Waals surface area contributed by atoms with E-state index >= 15 is 0 Å². The second-order valence-electron chi connectivity index (χ2n) is 4.20. The van der Waals surface area contributed by atoms with E-state index in [-0.39, 0.29) is 13.0 Å². The van der Waals surface area contributed by atoms with Gasteiger partial charge in [0.15, 0.2) is 0 Å². The molecule has 0 heterocycles. The predicted molar refractivity (Wildman–Crippen MR) is 80.4 cm³/mol. The van der Waals surface area contributed by atoms with Gasteiger partial charge in [0.2, 0.25) is 0 Å². The minimum Gasteiger partial charge on any atom is -0.491 e. The molecular weight excluding hydrogens is 292 g/mol. The first-order valence-electron chi connectivity index (χ1n) is 6.34. The Balaban J connectivity index is 1.98. The number of carbonyl (C=O) groups is 1. The third-order valence-corrected chi connectivity index (χ3v) is 3.07. The molecule has 0 aromatic heterocycles. The van der Waals surface area contributed by atoms with Crippen LogP contribution in [0.2, 0.25) is 5.02 Å². The fourth-order valence-electron chi connectivity index (χ4n) is 1.79. The maximum Gasteiger partial charge on any atom is 0.329 e. The fourth-order valence-corrected chi connectivity index (χ4v) is 2.02. The third kappa shape index (κ3) is 4.46. The number of halogens is 1. The van der Waals surface area contributed by atoms with Crippen molar-refractivity contribution in [2.45, 2.75) is 6.42 Å². The lowest BCUT2D eigenvalue weighted by Gasteiger charge is -2.09. The zero-order valence-electron chi connectivity index (χ0n) is 11.2. The first kappa shape index (κ1) is 15.3. The van der Waals surface area contributed by atoms with E-state index in [1.807, 2.05) is 48.1 Å². The molecular formula is C15H15ClN2O3. The van der Waals surface area contributed by atoms with Crippen molar-refractivity contribution < 1.29 is 14.4 Å². The Morgan fingerprint density at radius 1 is 1.14 bits per heavy atom. The third-order valence-electron chi connectivity index (χ3n) is 2.78. The molecule has 0 saturated heterocycles. The molecule has 0 aliphatic heterocycles.